The van der Waals surface area contributed by atoms with Crippen LogP contribution in [0.1, 0.15) is 59.3 Å². The molecule has 2 atom stereocenters. The first-order chi connectivity index (χ1) is 7.83. The normalized spacial score (nSPS) is 22.9. The van der Waals surface area contributed by atoms with Crippen LogP contribution in [-0.4, -0.2) is 36.6 Å². The molecule has 0 aromatic rings. The van der Waals surface area contributed by atoms with Crippen molar-refractivity contribution in [3.05, 3.63) is 0 Å². The molecule has 2 heteroatoms. The summed E-state index contributed by atoms with van der Waals surface area (Å²) >= 11 is 0. The zero-order chi connectivity index (χ0) is 11.8. The predicted octanol–water partition coefficient (Wildman–Crippen LogP) is 3.03. The van der Waals surface area contributed by atoms with Crippen LogP contribution in [0.25, 0.3) is 0 Å². The zero-order valence-corrected chi connectivity index (χ0v) is 11.5. The van der Waals surface area contributed by atoms with E-state index in [1.807, 2.05) is 0 Å². The zero-order valence-electron chi connectivity index (χ0n) is 11.5. The summed E-state index contributed by atoms with van der Waals surface area (Å²) in [4.78, 5) is 2.79. The third-order valence-electron chi connectivity index (χ3n) is 3.82. The van der Waals surface area contributed by atoms with Crippen molar-refractivity contribution in [2.45, 2.75) is 71.4 Å². The van der Waals surface area contributed by atoms with Crippen molar-refractivity contribution in [1.82, 2.24) is 10.2 Å². The van der Waals surface area contributed by atoms with Gasteiger partial charge >= 0.3 is 0 Å². The van der Waals surface area contributed by atoms with Crippen LogP contribution in [0.5, 0.6) is 0 Å². The predicted molar refractivity (Wildman–Crippen MR) is 71.9 cm³/mol. The lowest BCUT2D eigenvalue weighted by molar-refractivity contribution is 0.129. The smallest absolute Gasteiger partial charge is 0.0235 e. The number of hydrogen-bond donors (Lipinski definition) is 1. The Morgan fingerprint density at radius 2 is 2.06 bits per heavy atom. The van der Waals surface area contributed by atoms with Crippen LogP contribution in [0, 0.1) is 0 Å². The van der Waals surface area contributed by atoms with Gasteiger partial charge in [0, 0.05) is 18.6 Å². The van der Waals surface area contributed by atoms with Crippen molar-refractivity contribution in [2.24, 2.45) is 0 Å². The van der Waals surface area contributed by atoms with Gasteiger partial charge in [-0.2, -0.15) is 0 Å². The van der Waals surface area contributed by atoms with Crippen molar-refractivity contribution in [2.75, 3.05) is 19.6 Å². The Kier molecular flexibility index (Phi) is 7.06. The van der Waals surface area contributed by atoms with Crippen molar-refractivity contribution < 1.29 is 0 Å². The summed E-state index contributed by atoms with van der Waals surface area (Å²) in [6.07, 6.45) is 8.07. The van der Waals surface area contributed by atoms with Gasteiger partial charge < -0.3 is 5.32 Å². The molecule has 1 saturated heterocycles. The maximum absolute atomic E-state index is 3.50. The Morgan fingerprint density at radius 1 is 1.25 bits per heavy atom. The molecule has 1 heterocycles. The van der Waals surface area contributed by atoms with E-state index in [2.05, 4.69) is 31.0 Å². The molecular formula is C14H30N2. The second-order valence-corrected chi connectivity index (χ2v) is 5.09. The topological polar surface area (TPSA) is 15.3 Å². The fourth-order valence-corrected chi connectivity index (χ4v) is 2.89. The van der Waals surface area contributed by atoms with Gasteiger partial charge in [0.05, 0.1) is 0 Å². The molecule has 1 aliphatic rings. The Morgan fingerprint density at radius 3 is 2.56 bits per heavy atom. The van der Waals surface area contributed by atoms with Crippen LogP contribution < -0.4 is 5.32 Å². The van der Waals surface area contributed by atoms with Gasteiger partial charge in [0.25, 0.3) is 0 Å². The maximum Gasteiger partial charge on any atom is 0.0235 e. The second-order valence-electron chi connectivity index (χ2n) is 5.09. The van der Waals surface area contributed by atoms with E-state index in [9.17, 15) is 0 Å². The van der Waals surface area contributed by atoms with E-state index in [-0.39, 0.29) is 0 Å². The summed E-state index contributed by atoms with van der Waals surface area (Å²) in [5.41, 5.74) is 0. The summed E-state index contributed by atoms with van der Waals surface area (Å²) in [7, 11) is 0. The number of hydrogen-bond acceptors (Lipinski definition) is 2. The summed E-state index contributed by atoms with van der Waals surface area (Å²) in [5, 5.41) is 3.50. The molecule has 1 rings (SSSR count). The number of nitrogens with one attached hydrogen (secondary N) is 1. The van der Waals surface area contributed by atoms with Gasteiger partial charge in [0.2, 0.25) is 0 Å². The van der Waals surface area contributed by atoms with E-state index in [0.29, 0.717) is 0 Å². The van der Waals surface area contributed by atoms with Crippen molar-refractivity contribution >= 4 is 0 Å². The number of nitrogens with zero attached hydrogens (tertiary/aromatic N) is 1. The third kappa shape index (κ3) is 4.06. The van der Waals surface area contributed by atoms with Crippen LogP contribution >= 0.6 is 0 Å². The van der Waals surface area contributed by atoms with E-state index >= 15 is 0 Å². The minimum Gasteiger partial charge on any atom is -0.315 e. The van der Waals surface area contributed by atoms with Gasteiger partial charge in [0.1, 0.15) is 0 Å². The minimum atomic E-state index is 0.807. The molecule has 2 unspecified atom stereocenters. The first kappa shape index (κ1) is 14.0. The highest BCUT2D eigenvalue weighted by molar-refractivity contribution is 4.84. The minimum absolute atomic E-state index is 0.807. The number of unbranched alkanes of at least 4 members (excludes halogenated alkanes) is 1. The van der Waals surface area contributed by atoms with Gasteiger partial charge in [-0.15, -0.1) is 0 Å². The van der Waals surface area contributed by atoms with E-state index < -0.39 is 0 Å². The summed E-state index contributed by atoms with van der Waals surface area (Å²) in [5.74, 6) is 0. The van der Waals surface area contributed by atoms with E-state index in [0.717, 1.165) is 12.1 Å². The molecule has 0 radical (unpaired) electrons. The lowest BCUT2D eigenvalue weighted by atomic mass is 10.0. The average Bonchev–Trinajstić information content (AvgIpc) is 2.82. The van der Waals surface area contributed by atoms with E-state index in [4.69, 9.17) is 0 Å². The Bertz CT molecular complexity index is 164. The summed E-state index contributed by atoms with van der Waals surface area (Å²) in [6, 6.07) is 1.63. The molecule has 96 valence electrons. The van der Waals surface area contributed by atoms with E-state index in [1.54, 1.807) is 0 Å². The third-order valence-corrected chi connectivity index (χ3v) is 3.82. The van der Waals surface area contributed by atoms with Crippen LogP contribution in [-0.2, 0) is 0 Å². The molecule has 0 saturated carbocycles. The molecule has 0 aromatic heterocycles. The second kappa shape index (κ2) is 8.08. The van der Waals surface area contributed by atoms with Crippen LogP contribution in [0.4, 0.5) is 0 Å². The monoisotopic (exact) mass is 226 g/mol. The molecule has 0 aromatic carbocycles. The van der Waals surface area contributed by atoms with Gasteiger partial charge in [0.15, 0.2) is 0 Å². The fraction of sp³-hybridized carbons (Fsp3) is 1.00. The molecule has 0 spiro atoms. The molecule has 2 nitrogen and oxygen atoms in total. The van der Waals surface area contributed by atoms with Gasteiger partial charge in [-0.25, -0.2) is 0 Å². The lowest BCUT2D eigenvalue weighted by Gasteiger charge is -2.35. The molecule has 0 amide bonds. The van der Waals surface area contributed by atoms with Crippen molar-refractivity contribution in [1.29, 1.82) is 0 Å². The van der Waals surface area contributed by atoms with E-state index in [1.165, 1.54) is 58.2 Å². The lowest BCUT2D eigenvalue weighted by Crippen LogP contribution is -2.44. The quantitative estimate of drug-likeness (QED) is 0.684. The van der Waals surface area contributed by atoms with Crippen LogP contribution in [0.2, 0.25) is 0 Å². The summed E-state index contributed by atoms with van der Waals surface area (Å²) < 4.78 is 0. The molecular weight excluding hydrogens is 196 g/mol. The van der Waals surface area contributed by atoms with Gasteiger partial charge in [-0.05, 0) is 38.8 Å². The van der Waals surface area contributed by atoms with Crippen molar-refractivity contribution in [3.8, 4) is 0 Å². The molecule has 0 bridgehead atoms. The standard InChI is InChI=1S/C14H30N2/c1-4-7-8-13(6-3)16(11-5-2)14-9-10-15-12-14/h13-15H,4-12H2,1-3H3. The van der Waals surface area contributed by atoms with Crippen molar-refractivity contribution in [3.63, 3.8) is 0 Å². The Balaban J connectivity index is 2.50. The molecule has 1 fully saturated rings. The van der Waals surface area contributed by atoms with Gasteiger partial charge in [-0.3, -0.25) is 4.90 Å². The highest BCUT2D eigenvalue weighted by atomic mass is 15.2. The molecule has 0 aliphatic carbocycles. The highest BCUT2D eigenvalue weighted by Crippen LogP contribution is 2.19. The number of rotatable bonds is 8. The summed E-state index contributed by atoms with van der Waals surface area (Å²) in [6.45, 7) is 10.7. The molecule has 1 aliphatic heterocycles. The fourth-order valence-electron chi connectivity index (χ4n) is 2.89. The van der Waals surface area contributed by atoms with Crippen LogP contribution in [0.15, 0.2) is 0 Å². The largest absolute Gasteiger partial charge is 0.315 e. The Labute approximate surface area is 102 Å². The SMILES string of the molecule is CCCCC(CC)N(CCC)C1CCNC1. The Hall–Kier alpha value is -0.0800. The maximum atomic E-state index is 3.50. The first-order valence-electron chi connectivity index (χ1n) is 7.29. The molecule has 1 N–H and O–H groups in total. The molecule has 16 heavy (non-hydrogen) atoms. The average molecular weight is 226 g/mol. The first-order valence-corrected chi connectivity index (χ1v) is 7.29. The van der Waals surface area contributed by atoms with Crippen LogP contribution in [0.3, 0.4) is 0 Å². The van der Waals surface area contributed by atoms with Gasteiger partial charge in [-0.1, -0.05) is 33.6 Å². The highest BCUT2D eigenvalue weighted by Gasteiger charge is 2.26.